The Balaban J connectivity index is 2.57. The second kappa shape index (κ2) is 5.90. The zero-order valence-electron chi connectivity index (χ0n) is 10.6. The summed E-state index contributed by atoms with van der Waals surface area (Å²) in [4.78, 5) is 0. The van der Waals surface area contributed by atoms with Crippen LogP contribution in [0.2, 0.25) is 19.1 Å². The van der Waals surface area contributed by atoms with Gasteiger partial charge in [0.2, 0.25) is 8.32 Å². The van der Waals surface area contributed by atoms with Gasteiger partial charge >= 0.3 is 0 Å². The molecule has 0 aliphatic rings. The molecule has 1 aromatic rings. The van der Waals surface area contributed by atoms with E-state index in [2.05, 4.69) is 26.6 Å². The van der Waals surface area contributed by atoms with E-state index in [-0.39, 0.29) is 0 Å². The Bertz CT molecular complexity index is 330. The molecule has 2 heteroatoms. The van der Waals surface area contributed by atoms with Crippen LogP contribution < -0.4 is 0 Å². The summed E-state index contributed by atoms with van der Waals surface area (Å²) < 4.78 is 6.07. The summed E-state index contributed by atoms with van der Waals surface area (Å²) in [6.07, 6.45) is 2.49. The van der Waals surface area contributed by atoms with E-state index in [1.54, 1.807) is 0 Å². The van der Waals surface area contributed by atoms with Crippen molar-refractivity contribution in [1.82, 2.24) is 0 Å². The Morgan fingerprint density at radius 1 is 1.25 bits per heavy atom. The first-order chi connectivity index (χ1) is 7.55. The molecule has 0 fully saturated rings. The van der Waals surface area contributed by atoms with Gasteiger partial charge in [-0.3, -0.25) is 0 Å². The molecule has 0 N–H and O–H groups in total. The lowest BCUT2D eigenvalue weighted by Gasteiger charge is -2.25. The molecule has 0 aromatic heterocycles. The summed E-state index contributed by atoms with van der Waals surface area (Å²) in [6.45, 7) is 10.8. The Morgan fingerprint density at radius 3 is 2.44 bits per heavy atom. The topological polar surface area (TPSA) is 9.23 Å². The molecule has 0 amide bonds. The van der Waals surface area contributed by atoms with Gasteiger partial charge in [0.15, 0.2) is 0 Å². The van der Waals surface area contributed by atoms with Crippen molar-refractivity contribution in [2.75, 3.05) is 0 Å². The van der Waals surface area contributed by atoms with Gasteiger partial charge in [0.05, 0.1) is 0 Å². The molecule has 0 atom stereocenters. The first-order valence-corrected chi connectivity index (χ1v) is 9.10. The van der Waals surface area contributed by atoms with E-state index in [0.717, 1.165) is 11.3 Å². The van der Waals surface area contributed by atoms with Crippen LogP contribution in [0.3, 0.4) is 0 Å². The summed E-state index contributed by atoms with van der Waals surface area (Å²) in [5, 5.41) is 0. The van der Waals surface area contributed by atoms with Gasteiger partial charge < -0.3 is 4.43 Å². The Labute approximate surface area is 100 Å². The molecule has 0 saturated heterocycles. The molecular formula is C14H22OSi. The molecule has 16 heavy (non-hydrogen) atoms. The minimum Gasteiger partial charge on any atom is -0.544 e. The van der Waals surface area contributed by atoms with Gasteiger partial charge in [-0.15, -0.1) is 0 Å². The third kappa shape index (κ3) is 4.23. The van der Waals surface area contributed by atoms with E-state index in [9.17, 15) is 0 Å². The zero-order chi connectivity index (χ0) is 12.0. The largest absolute Gasteiger partial charge is 0.544 e. The fourth-order valence-corrected chi connectivity index (χ4v) is 3.76. The van der Waals surface area contributed by atoms with E-state index in [4.69, 9.17) is 4.43 Å². The molecule has 0 unspecified atom stereocenters. The lowest BCUT2D eigenvalue weighted by molar-refractivity contribution is 0.503. The first-order valence-electron chi connectivity index (χ1n) is 5.98. The average molecular weight is 234 g/mol. The average Bonchev–Trinajstić information content (AvgIpc) is 2.27. The van der Waals surface area contributed by atoms with Crippen molar-refractivity contribution < 1.29 is 4.43 Å². The van der Waals surface area contributed by atoms with Crippen molar-refractivity contribution in [3.05, 3.63) is 42.5 Å². The minimum absolute atomic E-state index is 0.827. The number of unbranched alkanes of at least 4 members (excludes halogenated alkanes) is 1. The van der Waals surface area contributed by atoms with Crippen LogP contribution in [-0.2, 0) is 4.43 Å². The number of rotatable bonds is 6. The third-order valence-electron chi connectivity index (χ3n) is 2.63. The molecule has 0 bridgehead atoms. The van der Waals surface area contributed by atoms with Crippen LogP contribution in [0, 0.1) is 0 Å². The Kier molecular flexibility index (Phi) is 4.81. The standard InChI is InChI=1S/C14H22OSi/c1-5-6-12-16(3,4)15-13(2)14-10-8-7-9-11-14/h7-11H,2,5-6,12H2,1,3-4H3. The van der Waals surface area contributed by atoms with Gasteiger partial charge in [-0.2, -0.15) is 0 Å². The molecule has 0 saturated carbocycles. The SMILES string of the molecule is C=C(O[Si](C)(C)CCCC)c1ccccc1. The van der Waals surface area contributed by atoms with Crippen molar-refractivity contribution in [2.45, 2.75) is 38.9 Å². The fraction of sp³-hybridized carbons (Fsp3) is 0.429. The molecule has 1 nitrogen and oxygen atoms in total. The highest BCUT2D eigenvalue weighted by molar-refractivity contribution is 6.71. The quantitative estimate of drug-likeness (QED) is 0.513. The summed E-state index contributed by atoms with van der Waals surface area (Å²) in [6, 6.07) is 11.3. The molecule has 0 heterocycles. The van der Waals surface area contributed by atoms with Gasteiger partial charge in [0, 0.05) is 5.56 Å². The highest BCUT2D eigenvalue weighted by Gasteiger charge is 2.24. The van der Waals surface area contributed by atoms with Crippen LogP contribution in [0.1, 0.15) is 25.3 Å². The van der Waals surface area contributed by atoms with Gasteiger partial charge in [-0.1, -0.05) is 56.7 Å². The molecule has 0 spiro atoms. The molecule has 0 aliphatic carbocycles. The summed E-state index contributed by atoms with van der Waals surface area (Å²) in [5.74, 6) is 0.827. The van der Waals surface area contributed by atoms with Gasteiger partial charge in [-0.05, 0) is 19.1 Å². The Morgan fingerprint density at radius 2 is 1.88 bits per heavy atom. The Hall–Kier alpha value is -1.02. The number of benzene rings is 1. The number of hydrogen-bond donors (Lipinski definition) is 0. The van der Waals surface area contributed by atoms with E-state index in [1.807, 2.05) is 30.3 Å². The predicted octanol–water partition coefficient (Wildman–Crippen LogP) is 4.68. The van der Waals surface area contributed by atoms with E-state index >= 15 is 0 Å². The first kappa shape index (κ1) is 13.0. The number of hydrogen-bond acceptors (Lipinski definition) is 1. The van der Waals surface area contributed by atoms with Gasteiger partial charge in [0.1, 0.15) is 5.76 Å². The second-order valence-electron chi connectivity index (χ2n) is 4.75. The van der Waals surface area contributed by atoms with Crippen molar-refractivity contribution >= 4 is 14.1 Å². The monoisotopic (exact) mass is 234 g/mol. The molecular weight excluding hydrogens is 212 g/mol. The third-order valence-corrected chi connectivity index (χ3v) is 4.98. The van der Waals surface area contributed by atoms with Gasteiger partial charge in [0.25, 0.3) is 0 Å². The van der Waals surface area contributed by atoms with Crippen molar-refractivity contribution in [3.8, 4) is 0 Å². The molecule has 0 aliphatic heterocycles. The van der Waals surface area contributed by atoms with Crippen LogP contribution in [0.25, 0.3) is 5.76 Å². The van der Waals surface area contributed by atoms with Crippen molar-refractivity contribution in [1.29, 1.82) is 0 Å². The van der Waals surface area contributed by atoms with Crippen LogP contribution in [-0.4, -0.2) is 8.32 Å². The van der Waals surface area contributed by atoms with Crippen LogP contribution in [0.5, 0.6) is 0 Å². The van der Waals surface area contributed by atoms with E-state index in [1.165, 1.54) is 18.9 Å². The zero-order valence-corrected chi connectivity index (χ0v) is 11.6. The lowest BCUT2D eigenvalue weighted by atomic mass is 10.2. The van der Waals surface area contributed by atoms with Crippen molar-refractivity contribution in [3.63, 3.8) is 0 Å². The molecule has 88 valence electrons. The summed E-state index contributed by atoms with van der Waals surface area (Å²) >= 11 is 0. The normalized spacial score (nSPS) is 11.2. The predicted molar refractivity (Wildman–Crippen MR) is 73.8 cm³/mol. The van der Waals surface area contributed by atoms with Crippen LogP contribution >= 0.6 is 0 Å². The highest BCUT2D eigenvalue weighted by atomic mass is 28.4. The summed E-state index contributed by atoms with van der Waals surface area (Å²) in [7, 11) is -1.57. The van der Waals surface area contributed by atoms with Crippen molar-refractivity contribution in [2.24, 2.45) is 0 Å². The fourth-order valence-electron chi connectivity index (χ4n) is 1.67. The van der Waals surface area contributed by atoms with Gasteiger partial charge in [-0.25, -0.2) is 0 Å². The molecule has 1 rings (SSSR count). The summed E-state index contributed by atoms with van der Waals surface area (Å²) in [5.41, 5.74) is 1.10. The maximum atomic E-state index is 6.07. The maximum Gasteiger partial charge on any atom is 0.245 e. The van der Waals surface area contributed by atoms with E-state index in [0.29, 0.717) is 0 Å². The minimum atomic E-state index is -1.57. The highest BCUT2D eigenvalue weighted by Crippen LogP contribution is 2.23. The lowest BCUT2D eigenvalue weighted by Crippen LogP contribution is -2.29. The maximum absolute atomic E-state index is 6.07. The smallest absolute Gasteiger partial charge is 0.245 e. The molecule has 0 radical (unpaired) electrons. The second-order valence-corrected chi connectivity index (χ2v) is 8.98. The van der Waals surface area contributed by atoms with Crippen LogP contribution in [0.4, 0.5) is 0 Å². The molecule has 1 aromatic carbocycles. The van der Waals surface area contributed by atoms with Crippen LogP contribution in [0.15, 0.2) is 36.9 Å². The van der Waals surface area contributed by atoms with E-state index < -0.39 is 8.32 Å².